The molecule has 7 aromatic carbocycles. The molecule has 4 N–H and O–H groups in total. The lowest BCUT2D eigenvalue weighted by Crippen LogP contribution is -2.16. The molecule has 7 aromatic rings. The third kappa shape index (κ3) is 8.43. The second kappa shape index (κ2) is 18.3. The molecule has 0 aliphatic carbocycles. The maximum Gasteiger partial charge on any atom is 0.340 e. The van der Waals surface area contributed by atoms with Gasteiger partial charge >= 0.3 is 11.9 Å². The molecule has 0 aliphatic rings. The first-order valence-corrected chi connectivity index (χ1v) is 19.5. The number of carbonyl (C=O) groups is 4. The highest BCUT2D eigenvalue weighted by Gasteiger charge is 2.23. The van der Waals surface area contributed by atoms with Crippen molar-refractivity contribution in [1.82, 2.24) is 0 Å². The summed E-state index contributed by atoms with van der Waals surface area (Å²) >= 11 is 0. The third-order valence-electron chi connectivity index (χ3n) is 10.2. The number of aryl methyl sites for hydroxylation is 2. The van der Waals surface area contributed by atoms with Crippen LogP contribution in [0.25, 0.3) is 21.5 Å². The number of benzene rings is 7. The van der Waals surface area contributed by atoms with Gasteiger partial charge in [-0.05, 0) is 83.3 Å². The van der Waals surface area contributed by atoms with E-state index in [2.05, 4.69) is 31.1 Å². The Morgan fingerprint density at radius 1 is 0.500 bits per heavy atom. The first kappa shape index (κ1) is 41.9. The Hall–Kier alpha value is -8.26. The molecule has 0 atom stereocenters. The van der Waals surface area contributed by atoms with E-state index in [0.29, 0.717) is 56.9 Å². The molecule has 0 saturated carbocycles. The number of amides is 2. The standard InChI is InChI=1S/C48H40N6O8/c1-5-27-25-40(50-46(58)36-24-30-16-8-10-18-32(30)42(44(36)56)54-52-38-22-14-12-20-34(38)48(60)62-4)28(6-2)26-39(27)49-45(57)35-23-29-15-7-9-17-31(29)41(43(35)55)53-51-37-21-13-11-19-33(37)47(59)61-3/h7-26,55-56H,5-6H2,1-4H3,(H,49,57)(H,50,58). The van der Waals surface area contributed by atoms with E-state index in [4.69, 9.17) is 9.47 Å². The van der Waals surface area contributed by atoms with Gasteiger partial charge in [0.1, 0.15) is 22.7 Å². The fourth-order valence-electron chi connectivity index (χ4n) is 6.96. The van der Waals surface area contributed by atoms with E-state index < -0.39 is 35.3 Å². The molecule has 7 rings (SSSR count). The van der Waals surface area contributed by atoms with Crippen LogP contribution in [0.5, 0.6) is 11.5 Å². The van der Waals surface area contributed by atoms with E-state index in [1.54, 1.807) is 121 Å². The molecule has 2 amide bonds. The minimum atomic E-state index is -0.620. The Labute approximate surface area is 355 Å². The molecule has 14 nitrogen and oxygen atoms in total. The van der Waals surface area contributed by atoms with E-state index in [-0.39, 0.29) is 45.0 Å². The number of phenols is 2. The van der Waals surface area contributed by atoms with Crippen LogP contribution in [0.1, 0.15) is 66.4 Å². The number of fused-ring (bicyclic) bond motifs is 2. The molecule has 0 radical (unpaired) electrons. The molecule has 62 heavy (non-hydrogen) atoms. The molecule has 0 saturated heterocycles. The molecular formula is C48H40N6O8. The highest BCUT2D eigenvalue weighted by molar-refractivity contribution is 6.14. The number of nitrogens with zero attached hydrogens (tertiary/aromatic N) is 4. The molecule has 0 spiro atoms. The van der Waals surface area contributed by atoms with Gasteiger partial charge in [-0.1, -0.05) is 86.6 Å². The molecule has 310 valence electrons. The van der Waals surface area contributed by atoms with Gasteiger partial charge in [0.2, 0.25) is 0 Å². The normalized spacial score (nSPS) is 11.3. The van der Waals surface area contributed by atoms with Crippen molar-refractivity contribution in [3.8, 4) is 11.5 Å². The summed E-state index contributed by atoms with van der Waals surface area (Å²) in [5, 5.41) is 48.5. The molecule has 0 heterocycles. The number of aromatic hydroxyl groups is 2. The average molecular weight is 829 g/mol. The van der Waals surface area contributed by atoms with Crippen LogP contribution < -0.4 is 10.6 Å². The van der Waals surface area contributed by atoms with E-state index in [1.807, 2.05) is 13.8 Å². The van der Waals surface area contributed by atoms with Crippen LogP contribution >= 0.6 is 0 Å². The van der Waals surface area contributed by atoms with E-state index in [9.17, 15) is 29.4 Å². The first-order valence-electron chi connectivity index (χ1n) is 19.5. The maximum absolute atomic E-state index is 14.0. The minimum Gasteiger partial charge on any atom is -0.505 e. The second-order valence-electron chi connectivity index (χ2n) is 13.9. The number of phenolic OH excluding ortho intramolecular Hbond substituents is 2. The smallest absolute Gasteiger partial charge is 0.340 e. The van der Waals surface area contributed by atoms with Gasteiger partial charge in [0, 0.05) is 22.1 Å². The van der Waals surface area contributed by atoms with Crippen molar-refractivity contribution in [3.05, 3.63) is 155 Å². The summed E-state index contributed by atoms with van der Waals surface area (Å²) in [4.78, 5) is 52.8. The maximum atomic E-state index is 14.0. The quantitative estimate of drug-likeness (QED) is 0.0688. The fraction of sp³-hybridized carbons (Fsp3) is 0.125. The number of ether oxygens (including phenoxy) is 2. The zero-order valence-electron chi connectivity index (χ0n) is 34.1. The van der Waals surface area contributed by atoms with Crippen molar-refractivity contribution in [2.75, 3.05) is 24.9 Å². The predicted molar refractivity (Wildman–Crippen MR) is 236 cm³/mol. The Bertz CT molecular complexity index is 2780. The van der Waals surface area contributed by atoms with Gasteiger partial charge < -0.3 is 30.3 Å². The molecule has 0 aliphatic heterocycles. The van der Waals surface area contributed by atoms with Crippen LogP contribution in [-0.4, -0.2) is 48.2 Å². The van der Waals surface area contributed by atoms with E-state index in [1.165, 1.54) is 14.2 Å². The van der Waals surface area contributed by atoms with Crippen molar-refractivity contribution in [1.29, 1.82) is 0 Å². The van der Waals surface area contributed by atoms with E-state index >= 15 is 0 Å². The topological polar surface area (TPSA) is 201 Å². The van der Waals surface area contributed by atoms with Crippen molar-refractivity contribution >= 4 is 79.4 Å². The summed E-state index contributed by atoms with van der Waals surface area (Å²) in [5.74, 6) is -3.28. The van der Waals surface area contributed by atoms with Crippen molar-refractivity contribution in [2.45, 2.75) is 26.7 Å². The Morgan fingerprint density at radius 3 is 1.26 bits per heavy atom. The summed E-state index contributed by atoms with van der Waals surface area (Å²) < 4.78 is 9.75. The van der Waals surface area contributed by atoms with Crippen LogP contribution in [0.2, 0.25) is 0 Å². The van der Waals surface area contributed by atoms with Crippen molar-refractivity contribution in [2.24, 2.45) is 20.5 Å². The largest absolute Gasteiger partial charge is 0.505 e. The molecule has 0 bridgehead atoms. The van der Waals surface area contributed by atoms with Crippen LogP contribution in [0.15, 0.2) is 142 Å². The lowest BCUT2D eigenvalue weighted by atomic mass is 10.00. The number of anilines is 2. The summed E-state index contributed by atoms with van der Waals surface area (Å²) in [6.07, 6.45) is 0.897. The molecule has 0 unspecified atom stereocenters. The zero-order valence-corrected chi connectivity index (χ0v) is 34.1. The number of hydrogen-bond donors (Lipinski definition) is 4. The number of rotatable bonds is 12. The number of carbonyl (C=O) groups excluding carboxylic acids is 4. The number of nitrogens with one attached hydrogen (secondary N) is 2. The Morgan fingerprint density at radius 2 is 0.871 bits per heavy atom. The molecule has 14 heteroatoms. The van der Waals surface area contributed by atoms with Gasteiger partial charge in [0.25, 0.3) is 11.8 Å². The van der Waals surface area contributed by atoms with Gasteiger partial charge in [-0.15, -0.1) is 20.5 Å². The van der Waals surface area contributed by atoms with E-state index in [0.717, 1.165) is 0 Å². The van der Waals surface area contributed by atoms with Gasteiger partial charge in [0.15, 0.2) is 11.5 Å². The van der Waals surface area contributed by atoms with Crippen LogP contribution in [0.3, 0.4) is 0 Å². The van der Waals surface area contributed by atoms with Gasteiger partial charge in [0.05, 0.1) is 36.5 Å². The monoisotopic (exact) mass is 828 g/mol. The lowest BCUT2D eigenvalue weighted by Gasteiger charge is -2.18. The fourth-order valence-corrected chi connectivity index (χ4v) is 6.96. The number of esters is 2. The SMILES string of the molecule is CCc1cc(NC(=O)c2cc3ccccc3c(N=Nc3ccccc3C(=O)OC)c2O)c(CC)cc1NC(=O)c1cc2ccccc2c(N=Nc2ccccc2C(=O)OC)c1O. The summed E-state index contributed by atoms with van der Waals surface area (Å²) in [5.41, 5.74) is 2.97. The van der Waals surface area contributed by atoms with Gasteiger partial charge in [-0.2, -0.15) is 0 Å². The van der Waals surface area contributed by atoms with Crippen LogP contribution in [-0.2, 0) is 22.3 Å². The van der Waals surface area contributed by atoms with Crippen LogP contribution in [0, 0.1) is 0 Å². The minimum absolute atomic E-state index is 0.0310. The molecular weight excluding hydrogens is 789 g/mol. The highest BCUT2D eigenvalue weighted by Crippen LogP contribution is 2.42. The summed E-state index contributed by atoms with van der Waals surface area (Å²) in [7, 11) is 2.52. The lowest BCUT2D eigenvalue weighted by molar-refractivity contribution is 0.0592. The number of azo groups is 2. The number of hydrogen-bond acceptors (Lipinski definition) is 12. The summed E-state index contributed by atoms with van der Waals surface area (Å²) in [6.45, 7) is 3.79. The zero-order chi connectivity index (χ0) is 43.9. The second-order valence-corrected chi connectivity index (χ2v) is 13.9. The van der Waals surface area contributed by atoms with Crippen molar-refractivity contribution < 1.29 is 38.9 Å². The van der Waals surface area contributed by atoms with Crippen molar-refractivity contribution in [3.63, 3.8) is 0 Å². The first-order chi connectivity index (χ1) is 30.1. The highest BCUT2D eigenvalue weighted by atomic mass is 16.5. The van der Waals surface area contributed by atoms with Gasteiger partial charge in [-0.3, -0.25) is 9.59 Å². The van der Waals surface area contributed by atoms with Gasteiger partial charge in [-0.25, -0.2) is 9.59 Å². The Kier molecular flexibility index (Phi) is 12.4. The Balaban J connectivity index is 1.20. The number of methoxy groups -OCH3 is 2. The molecule has 0 aromatic heterocycles. The summed E-state index contributed by atoms with van der Waals surface area (Å²) in [6, 6.07) is 33.7. The molecule has 0 fully saturated rings. The predicted octanol–water partition coefficient (Wildman–Crippen LogP) is 11.4. The average Bonchev–Trinajstić information content (AvgIpc) is 3.30. The van der Waals surface area contributed by atoms with Crippen LogP contribution in [0.4, 0.5) is 34.1 Å². The third-order valence-corrected chi connectivity index (χ3v) is 10.2.